The van der Waals surface area contributed by atoms with Crippen molar-refractivity contribution in [2.45, 2.75) is 13.8 Å². The Bertz CT molecular complexity index is 263. The van der Waals surface area contributed by atoms with Gasteiger partial charge in [0.15, 0.2) is 0 Å². The second-order valence-corrected chi connectivity index (χ2v) is 4.48. The lowest BCUT2D eigenvalue weighted by Crippen LogP contribution is -2.49. The van der Waals surface area contributed by atoms with E-state index in [0.717, 1.165) is 13.1 Å². The van der Waals surface area contributed by atoms with Crippen molar-refractivity contribution >= 4 is 12.0 Å². The van der Waals surface area contributed by atoms with E-state index in [-0.39, 0.29) is 12.5 Å². The topological polar surface area (TPSA) is 70.7 Å². The van der Waals surface area contributed by atoms with Gasteiger partial charge in [-0.2, -0.15) is 0 Å². The lowest BCUT2D eigenvalue weighted by atomic mass is 10.2. The van der Waals surface area contributed by atoms with Crippen LogP contribution in [0.5, 0.6) is 0 Å². The Kier molecular flexibility index (Phi) is 5.76. The van der Waals surface area contributed by atoms with Crippen LogP contribution >= 0.6 is 0 Å². The zero-order valence-corrected chi connectivity index (χ0v) is 10.5. The summed E-state index contributed by atoms with van der Waals surface area (Å²) in [7, 11) is 0. The molecule has 1 rings (SSSR count). The van der Waals surface area contributed by atoms with Crippen molar-refractivity contribution in [2.75, 3.05) is 39.3 Å². The van der Waals surface area contributed by atoms with Gasteiger partial charge in [-0.15, -0.1) is 0 Å². The van der Waals surface area contributed by atoms with Crippen LogP contribution < -0.4 is 10.6 Å². The number of alkyl carbamates (subject to hydrolysis) is 1. The molecule has 0 atom stereocenters. The van der Waals surface area contributed by atoms with Crippen molar-refractivity contribution < 1.29 is 14.3 Å². The lowest BCUT2D eigenvalue weighted by Gasteiger charge is -2.27. The number of amides is 2. The van der Waals surface area contributed by atoms with Crippen LogP contribution in [0.2, 0.25) is 0 Å². The van der Waals surface area contributed by atoms with Crippen LogP contribution in [0, 0.1) is 5.92 Å². The van der Waals surface area contributed by atoms with Crippen molar-refractivity contribution in [1.29, 1.82) is 0 Å². The molecule has 0 aromatic heterocycles. The number of nitrogens with one attached hydrogen (secondary N) is 2. The summed E-state index contributed by atoms with van der Waals surface area (Å²) in [6.45, 7) is 7.30. The summed E-state index contributed by atoms with van der Waals surface area (Å²) in [4.78, 5) is 24.6. The highest BCUT2D eigenvalue weighted by Gasteiger charge is 2.16. The van der Waals surface area contributed by atoms with Crippen molar-refractivity contribution in [3.63, 3.8) is 0 Å². The zero-order chi connectivity index (χ0) is 12.7. The molecule has 1 aliphatic heterocycles. The van der Waals surface area contributed by atoms with Gasteiger partial charge in [0.2, 0.25) is 5.91 Å². The van der Waals surface area contributed by atoms with Gasteiger partial charge in [-0.3, -0.25) is 4.79 Å². The molecular formula is C11H21N3O3. The van der Waals surface area contributed by atoms with Crippen molar-refractivity contribution in [3.8, 4) is 0 Å². The average Bonchev–Trinajstić information content (AvgIpc) is 2.34. The molecule has 0 aliphatic carbocycles. The molecule has 0 radical (unpaired) electrons. The van der Waals surface area contributed by atoms with Crippen LogP contribution in [0.25, 0.3) is 0 Å². The van der Waals surface area contributed by atoms with E-state index in [4.69, 9.17) is 4.74 Å². The predicted octanol–water partition coefficient (Wildman–Crippen LogP) is -0.200. The SMILES string of the molecule is CC(C)COC(=O)NCC(=O)N1CCNCC1. The summed E-state index contributed by atoms with van der Waals surface area (Å²) in [5.41, 5.74) is 0. The second kappa shape index (κ2) is 7.11. The fourth-order valence-electron chi connectivity index (χ4n) is 1.47. The van der Waals surface area contributed by atoms with Crippen molar-refractivity contribution in [3.05, 3.63) is 0 Å². The summed E-state index contributed by atoms with van der Waals surface area (Å²) in [5, 5.41) is 5.62. The molecule has 6 heteroatoms. The number of carbonyl (C=O) groups excluding carboxylic acids is 2. The maximum Gasteiger partial charge on any atom is 0.407 e. The first-order valence-corrected chi connectivity index (χ1v) is 5.98. The van der Waals surface area contributed by atoms with Gasteiger partial charge >= 0.3 is 6.09 Å². The first-order chi connectivity index (χ1) is 8.09. The van der Waals surface area contributed by atoms with Crippen LogP contribution in [0.15, 0.2) is 0 Å². The van der Waals surface area contributed by atoms with E-state index in [1.807, 2.05) is 13.8 Å². The number of carbonyl (C=O) groups is 2. The number of nitrogens with zero attached hydrogens (tertiary/aromatic N) is 1. The average molecular weight is 243 g/mol. The molecule has 0 aromatic rings. The Hall–Kier alpha value is -1.30. The minimum atomic E-state index is -0.526. The quantitative estimate of drug-likeness (QED) is 0.717. The van der Waals surface area contributed by atoms with Gasteiger partial charge in [0.05, 0.1) is 6.61 Å². The Balaban J connectivity index is 2.16. The highest BCUT2D eigenvalue weighted by Crippen LogP contribution is 1.94. The van der Waals surface area contributed by atoms with E-state index in [2.05, 4.69) is 10.6 Å². The van der Waals surface area contributed by atoms with Gasteiger partial charge in [0, 0.05) is 26.2 Å². The number of rotatable bonds is 4. The van der Waals surface area contributed by atoms with Gasteiger partial charge in [-0.05, 0) is 5.92 Å². The first kappa shape index (κ1) is 13.8. The smallest absolute Gasteiger partial charge is 0.407 e. The molecule has 0 saturated carbocycles. The number of hydrogen-bond donors (Lipinski definition) is 2. The molecule has 2 amide bonds. The van der Waals surface area contributed by atoms with Crippen LogP contribution in [0.4, 0.5) is 4.79 Å². The molecule has 0 bridgehead atoms. The molecule has 17 heavy (non-hydrogen) atoms. The highest BCUT2D eigenvalue weighted by atomic mass is 16.5. The molecule has 1 saturated heterocycles. The second-order valence-electron chi connectivity index (χ2n) is 4.48. The van der Waals surface area contributed by atoms with Gasteiger partial charge in [-0.1, -0.05) is 13.8 Å². The minimum absolute atomic E-state index is 0.0108. The Morgan fingerprint density at radius 3 is 2.59 bits per heavy atom. The largest absolute Gasteiger partial charge is 0.449 e. The third kappa shape index (κ3) is 5.53. The summed E-state index contributed by atoms with van der Waals surface area (Å²) >= 11 is 0. The number of piperazine rings is 1. The third-order valence-corrected chi connectivity index (χ3v) is 2.40. The van der Waals surface area contributed by atoms with E-state index >= 15 is 0 Å². The Morgan fingerprint density at radius 1 is 1.35 bits per heavy atom. The molecule has 1 aliphatic rings. The summed E-state index contributed by atoms with van der Waals surface area (Å²) in [6, 6.07) is 0. The fraction of sp³-hybridized carbons (Fsp3) is 0.818. The van der Waals surface area contributed by atoms with Crippen molar-refractivity contribution in [1.82, 2.24) is 15.5 Å². The molecular weight excluding hydrogens is 222 g/mol. The van der Waals surface area contributed by atoms with Gasteiger partial charge < -0.3 is 20.3 Å². The molecule has 98 valence electrons. The maximum absolute atomic E-state index is 11.7. The van der Waals surface area contributed by atoms with E-state index in [1.165, 1.54) is 0 Å². The van der Waals surface area contributed by atoms with Gasteiger partial charge in [0.1, 0.15) is 6.54 Å². The molecule has 0 unspecified atom stereocenters. The van der Waals surface area contributed by atoms with Gasteiger partial charge in [0.25, 0.3) is 0 Å². The van der Waals surface area contributed by atoms with Crippen LogP contribution in [0.1, 0.15) is 13.8 Å². The minimum Gasteiger partial charge on any atom is -0.449 e. The fourth-order valence-corrected chi connectivity index (χ4v) is 1.47. The van der Waals surface area contributed by atoms with E-state index < -0.39 is 6.09 Å². The molecule has 1 heterocycles. The van der Waals surface area contributed by atoms with E-state index in [1.54, 1.807) is 4.90 Å². The van der Waals surface area contributed by atoms with Gasteiger partial charge in [-0.25, -0.2) is 4.79 Å². The molecule has 0 spiro atoms. The normalized spacial score (nSPS) is 15.8. The third-order valence-electron chi connectivity index (χ3n) is 2.40. The predicted molar refractivity (Wildman–Crippen MR) is 63.6 cm³/mol. The summed E-state index contributed by atoms with van der Waals surface area (Å²) < 4.78 is 4.91. The lowest BCUT2D eigenvalue weighted by molar-refractivity contribution is -0.130. The van der Waals surface area contributed by atoms with E-state index in [0.29, 0.717) is 25.6 Å². The Labute approximate surface area is 102 Å². The first-order valence-electron chi connectivity index (χ1n) is 5.98. The highest BCUT2D eigenvalue weighted by molar-refractivity contribution is 5.82. The monoisotopic (exact) mass is 243 g/mol. The van der Waals surface area contributed by atoms with Crippen LogP contribution in [-0.2, 0) is 9.53 Å². The molecule has 1 fully saturated rings. The number of hydrogen-bond acceptors (Lipinski definition) is 4. The van der Waals surface area contributed by atoms with Crippen molar-refractivity contribution in [2.24, 2.45) is 5.92 Å². The number of ether oxygens (including phenoxy) is 1. The van der Waals surface area contributed by atoms with E-state index in [9.17, 15) is 9.59 Å². The molecule has 6 nitrogen and oxygen atoms in total. The molecule has 0 aromatic carbocycles. The Morgan fingerprint density at radius 2 is 2.00 bits per heavy atom. The maximum atomic E-state index is 11.7. The zero-order valence-electron chi connectivity index (χ0n) is 10.5. The summed E-state index contributed by atoms with van der Waals surface area (Å²) in [5.74, 6) is 0.234. The molecule has 2 N–H and O–H groups in total. The van der Waals surface area contributed by atoms with Crippen LogP contribution in [-0.4, -0.2) is 56.2 Å². The summed E-state index contributed by atoms with van der Waals surface area (Å²) in [6.07, 6.45) is -0.526. The van der Waals surface area contributed by atoms with Crippen LogP contribution in [0.3, 0.4) is 0 Å². The standard InChI is InChI=1S/C11H21N3O3/c1-9(2)8-17-11(16)13-7-10(15)14-5-3-12-4-6-14/h9,12H,3-8H2,1-2H3,(H,13,16).